The molecule has 0 aromatic carbocycles. The molecule has 0 spiro atoms. The summed E-state index contributed by atoms with van der Waals surface area (Å²) < 4.78 is 0.716. The van der Waals surface area contributed by atoms with Crippen molar-refractivity contribution in [3.63, 3.8) is 0 Å². The minimum Gasteiger partial charge on any atom is -0.504 e. The van der Waals surface area contributed by atoms with Gasteiger partial charge in [0, 0.05) is 11.8 Å². The van der Waals surface area contributed by atoms with E-state index in [0.717, 1.165) is 12.2 Å². The Labute approximate surface area is 96.2 Å². The molecule has 0 heterocycles. The first-order valence-corrected chi connectivity index (χ1v) is 4.75. The van der Waals surface area contributed by atoms with Gasteiger partial charge in [0.2, 0.25) is 5.91 Å². The summed E-state index contributed by atoms with van der Waals surface area (Å²) in [6, 6.07) is 0. The van der Waals surface area contributed by atoms with E-state index in [9.17, 15) is 9.59 Å². The molecule has 6 nitrogen and oxygen atoms in total. The topological polar surface area (TPSA) is 98.1 Å². The average molecular weight is 248 g/mol. The molecule has 0 radical (unpaired) electrons. The van der Waals surface area contributed by atoms with Gasteiger partial charge in [-0.05, 0) is 12.2 Å². The molecule has 16 heavy (non-hydrogen) atoms. The van der Waals surface area contributed by atoms with Crippen molar-refractivity contribution in [3.8, 4) is 0 Å². The first kappa shape index (κ1) is 12.5. The third kappa shape index (κ3) is 2.53. The van der Waals surface area contributed by atoms with Crippen LogP contribution in [0, 0.1) is 5.92 Å². The first-order valence-electron chi connectivity index (χ1n) is 4.41. The van der Waals surface area contributed by atoms with Crippen molar-refractivity contribution in [2.24, 2.45) is 5.92 Å². The van der Waals surface area contributed by atoms with Crippen LogP contribution >= 0.6 is 11.8 Å². The Morgan fingerprint density at radius 2 is 1.88 bits per heavy atom. The average Bonchev–Trinajstić information content (AvgIpc) is 2.24. The molecule has 0 unspecified atom stereocenters. The Morgan fingerprint density at radius 1 is 1.38 bits per heavy atom. The van der Waals surface area contributed by atoms with Crippen molar-refractivity contribution in [2.45, 2.75) is 0 Å². The summed E-state index contributed by atoms with van der Waals surface area (Å²) in [5.74, 6) is -4.00. The zero-order chi connectivity index (χ0) is 12.3. The SMILES string of the molecule is O=C1C(O)=CC(C(=O)N(Cl)CCO)C=C1O. The minimum atomic E-state index is -1.01. The monoisotopic (exact) mass is 247 g/mol. The third-order valence-corrected chi connectivity index (χ3v) is 2.30. The van der Waals surface area contributed by atoms with E-state index in [0.29, 0.717) is 4.42 Å². The molecule has 0 saturated heterocycles. The van der Waals surface area contributed by atoms with E-state index in [-0.39, 0.29) is 13.2 Å². The van der Waals surface area contributed by atoms with Gasteiger partial charge in [-0.3, -0.25) is 14.0 Å². The van der Waals surface area contributed by atoms with Gasteiger partial charge >= 0.3 is 0 Å². The maximum Gasteiger partial charge on any atom is 0.260 e. The molecule has 0 atom stereocenters. The van der Waals surface area contributed by atoms with Crippen molar-refractivity contribution >= 4 is 23.5 Å². The molecule has 3 N–H and O–H groups in total. The molecular weight excluding hydrogens is 238 g/mol. The van der Waals surface area contributed by atoms with Crippen LogP contribution in [0.2, 0.25) is 0 Å². The number of nitrogens with zero attached hydrogens (tertiary/aromatic N) is 1. The van der Waals surface area contributed by atoms with E-state index >= 15 is 0 Å². The largest absolute Gasteiger partial charge is 0.504 e. The standard InChI is InChI=1S/C9H10ClNO5/c10-11(1-2-12)9(16)5-3-6(13)8(15)7(14)4-5/h3-5,12-14H,1-2H2. The molecule has 0 saturated carbocycles. The normalized spacial score (nSPS) is 16.8. The Balaban J connectivity index is 2.83. The van der Waals surface area contributed by atoms with Gasteiger partial charge in [-0.2, -0.15) is 0 Å². The fraction of sp³-hybridized carbons (Fsp3) is 0.333. The van der Waals surface area contributed by atoms with Gasteiger partial charge in [-0.25, -0.2) is 0 Å². The highest BCUT2D eigenvalue weighted by Crippen LogP contribution is 2.19. The van der Waals surface area contributed by atoms with Gasteiger partial charge in [0.25, 0.3) is 5.78 Å². The van der Waals surface area contributed by atoms with E-state index in [4.69, 9.17) is 27.1 Å². The lowest BCUT2D eigenvalue weighted by atomic mass is 9.99. The van der Waals surface area contributed by atoms with Crippen LogP contribution in [0.1, 0.15) is 0 Å². The molecule has 1 aliphatic rings. The van der Waals surface area contributed by atoms with Crippen LogP contribution in [0.3, 0.4) is 0 Å². The van der Waals surface area contributed by atoms with E-state index in [1.54, 1.807) is 0 Å². The van der Waals surface area contributed by atoms with Gasteiger partial charge in [0.15, 0.2) is 11.5 Å². The number of ketones is 1. The van der Waals surface area contributed by atoms with E-state index in [1.165, 1.54) is 0 Å². The fourth-order valence-corrected chi connectivity index (χ4v) is 1.36. The van der Waals surface area contributed by atoms with Gasteiger partial charge in [-0.1, -0.05) is 0 Å². The Bertz CT molecular complexity index is 354. The van der Waals surface area contributed by atoms with E-state index < -0.39 is 29.1 Å². The second-order valence-corrected chi connectivity index (χ2v) is 3.51. The van der Waals surface area contributed by atoms with Crippen LogP contribution in [0.25, 0.3) is 0 Å². The zero-order valence-electron chi connectivity index (χ0n) is 8.13. The molecule has 0 aromatic rings. The number of hydrogen-bond acceptors (Lipinski definition) is 5. The number of aliphatic hydroxyl groups is 3. The quantitative estimate of drug-likeness (QED) is 0.612. The number of amides is 1. The fourth-order valence-electron chi connectivity index (χ4n) is 1.17. The summed E-state index contributed by atoms with van der Waals surface area (Å²) in [7, 11) is 0. The number of carbonyl (C=O) groups excluding carboxylic acids is 2. The molecule has 0 bridgehead atoms. The highest BCUT2D eigenvalue weighted by atomic mass is 35.5. The summed E-state index contributed by atoms with van der Waals surface area (Å²) >= 11 is 5.51. The molecule has 0 fully saturated rings. The molecule has 1 amide bonds. The predicted molar refractivity (Wildman–Crippen MR) is 54.6 cm³/mol. The zero-order valence-corrected chi connectivity index (χ0v) is 8.89. The highest BCUT2D eigenvalue weighted by molar-refractivity contribution is 6.22. The lowest BCUT2D eigenvalue weighted by Crippen LogP contribution is -2.31. The Morgan fingerprint density at radius 3 is 2.31 bits per heavy atom. The number of carbonyl (C=O) groups is 2. The molecule has 7 heteroatoms. The minimum absolute atomic E-state index is 0.0892. The van der Waals surface area contributed by atoms with Gasteiger partial charge in [0.05, 0.1) is 19.1 Å². The predicted octanol–water partition coefficient (Wildman–Crippen LogP) is 0.0438. The van der Waals surface area contributed by atoms with Gasteiger partial charge < -0.3 is 15.3 Å². The number of Topliss-reactive ketones (excluding diaryl/α,β-unsaturated/α-hetero) is 1. The van der Waals surface area contributed by atoms with Crippen molar-refractivity contribution in [2.75, 3.05) is 13.2 Å². The number of rotatable bonds is 3. The van der Waals surface area contributed by atoms with Crippen LogP contribution < -0.4 is 0 Å². The van der Waals surface area contributed by atoms with Crippen molar-refractivity contribution in [3.05, 3.63) is 23.7 Å². The van der Waals surface area contributed by atoms with Gasteiger partial charge in [-0.15, -0.1) is 0 Å². The van der Waals surface area contributed by atoms with Crippen LogP contribution in [0.15, 0.2) is 23.7 Å². The number of aliphatic hydroxyl groups excluding tert-OH is 3. The van der Waals surface area contributed by atoms with Crippen molar-refractivity contribution in [1.82, 2.24) is 4.42 Å². The van der Waals surface area contributed by atoms with E-state index in [1.807, 2.05) is 0 Å². The molecule has 1 aliphatic carbocycles. The van der Waals surface area contributed by atoms with Crippen molar-refractivity contribution < 1.29 is 24.9 Å². The Hall–Kier alpha value is -1.53. The maximum absolute atomic E-state index is 11.5. The van der Waals surface area contributed by atoms with Crippen LogP contribution in [-0.4, -0.2) is 44.6 Å². The lowest BCUT2D eigenvalue weighted by molar-refractivity contribution is -0.128. The highest BCUT2D eigenvalue weighted by Gasteiger charge is 2.28. The summed E-state index contributed by atoms with van der Waals surface area (Å²) in [4.78, 5) is 22.5. The number of hydrogen-bond donors (Lipinski definition) is 3. The number of halogens is 1. The van der Waals surface area contributed by atoms with Crippen LogP contribution in [0.4, 0.5) is 0 Å². The summed E-state index contributed by atoms with van der Waals surface area (Å²) in [5.41, 5.74) is 0. The second-order valence-electron chi connectivity index (χ2n) is 3.11. The van der Waals surface area contributed by atoms with Crippen molar-refractivity contribution in [1.29, 1.82) is 0 Å². The van der Waals surface area contributed by atoms with Crippen LogP contribution in [0.5, 0.6) is 0 Å². The lowest BCUT2D eigenvalue weighted by Gasteiger charge is -2.18. The second kappa shape index (κ2) is 5.00. The molecular formula is C9H10ClNO5. The summed E-state index contributed by atoms with van der Waals surface area (Å²) in [6.45, 7) is -0.402. The van der Waals surface area contributed by atoms with E-state index in [2.05, 4.69) is 0 Å². The molecule has 1 rings (SSSR count). The Kier molecular flexibility index (Phi) is 3.92. The molecule has 88 valence electrons. The summed E-state index contributed by atoms with van der Waals surface area (Å²) in [5, 5.41) is 26.8. The molecule has 0 aliphatic heterocycles. The maximum atomic E-state index is 11.5. The third-order valence-electron chi connectivity index (χ3n) is 1.96. The summed E-state index contributed by atoms with van der Waals surface area (Å²) in [6.07, 6.45) is 1.97. The van der Waals surface area contributed by atoms with Crippen LogP contribution in [-0.2, 0) is 9.59 Å². The van der Waals surface area contributed by atoms with Gasteiger partial charge in [0.1, 0.15) is 0 Å². The first-order chi connectivity index (χ1) is 7.47. The molecule has 0 aromatic heterocycles. The smallest absolute Gasteiger partial charge is 0.260 e.